The standard InChI is InChI=1S/C8H9FN2O2/c9-8-7(4-12)11(5-10-8)3-6-1-2-13-6/h4-6H,1-3H2/t6-/m0/s1. The number of halogens is 1. The van der Waals surface area contributed by atoms with Crippen LogP contribution in [-0.4, -0.2) is 28.5 Å². The molecule has 13 heavy (non-hydrogen) atoms. The van der Waals surface area contributed by atoms with Gasteiger partial charge in [-0.3, -0.25) is 4.79 Å². The van der Waals surface area contributed by atoms with Crippen molar-refractivity contribution >= 4 is 6.29 Å². The molecule has 0 amide bonds. The SMILES string of the molecule is O=Cc1c(F)ncn1C[C@@H]1CCO1. The molecule has 0 aromatic carbocycles. The Morgan fingerprint density at radius 1 is 1.85 bits per heavy atom. The van der Waals surface area contributed by atoms with Gasteiger partial charge in [0.2, 0.25) is 5.95 Å². The maximum atomic E-state index is 12.8. The minimum Gasteiger partial charge on any atom is -0.376 e. The molecule has 0 radical (unpaired) electrons. The Hall–Kier alpha value is -1.23. The number of nitrogens with zero attached hydrogens (tertiary/aromatic N) is 2. The molecule has 1 aliphatic heterocycles. The Kier molecular flexibility index (Phi) is 2.10. The van der Waals surface area contributed by atoms with Gasteiger partial charge in [-0.25, -0.2) is 4.98 Å². The smallest absolute Gasteiger partial charge is 0.241 e. The summed E-state index contributed by atoms with van der Waals surface area (Å²) in [5.41, 5.74) is -0.00417. The largest absolute Gasteiger partial charge is 0.376 e. The summed E-state index contributed by atoms with van der Waals surface area (Å²) in [5.74, 6) is -0.714. The van der Waals surface area contributed by atoms with E-state index in [0.29, 0.717) is 12.8 Å². The summed E-state index contributed by atoms with van der Waals surface area (Å²) in [6, 6.07) is 0. The number of imidazole rings is 1. The molecule has 1 aliphatic rings. The highest BCUT2D eigenvalue weighted by Gasteiger charge is 2.20. The molecule has 0 unspecified atom stereocenters. The number of carbonyl (C=O) groups excluding carboxylic acids is 1. The molecule has 0 aliphatic carbocycles. The van der Waals surface area contributed by atoms with E-state index in [2.05, 4.69) is 4.98 Å². The van der Waals surface area contributed by atoms with Crippen LogP contribution in [0.25, 0.3) is 0 Å². The Morgan fingerprint density at radius 3 is 3.15 bits per heavy atom. The molecule has 0 spiro atoms. The molecule has 2 rings (SSSR count). The van der Waals surface area contributed by atoms with Crippen LogP contribution in [0.5, 0.6) is 0 Å². The lowest BCUT2D eigenvalue weighted by molar-refractivity contribution is -0.0593. The average Bonchev–Trinajstić information content (AvgIpc) is 2.39. The molecule has 2 heterocycles. The summed E-state index contributed by atoms with van der Waals surface area (Å²) in [4.78, 5) is 13.9. The fourth-order valence-corrected chi connectivity index (χ4v) is 1.28. The number of hydrogen-bond donors (Lipinski definition) is 0. The maximum Gasteiger partial charge on any atom is 0.241 e. The molecule has 1 fully saturated rings. The highest BCUT2D eigenvalue weighted by Crippen LogP contribution is 2.14. The second-order valence-corrected chi connectivity index (χ2v) is 2.97. The Labute approximate surface area is 74.3 Å². The molecule has 1 aromatic heterocycles. The Bertz CT molecular complexity index is 320. The minimum absolute atomic E-state index is 0.00417. The van der Waals surface area contributed by atoms with Gasteiger partial charge in [0.15, 0.2) is 6.29 Å². The lowest BCUT2D eigenvalue weighted by Crippen LogP contribution is -2.31. The van der Waals surface area contributed by atoms with Crippen molar-refractivity contribution in [2.45, 2.75) is 19.1 Å². The third-order valence-electron chi connectivity index (χ3n) is 2.14. The van der Waals surface area contributed by atoms with E-state index in [0.717, 1.165) is 13.0 Å². The number of ether oxygens (including phenoxy) is 1. The third-order valence-corrected chi connectivity index (χ3v) is 2.14. The van der Waals surface area contributed by atoms with Crippen LogP contribution in [0.15, 0.2) is 6.33 Å². The van der Waals surface area contributed by atoms with Gasteiger partial charge in [0, 0.05) is 6.61 Å². The van der Waals surface area contributed by atoms with E-state index >= 15 is 0 Å². The van der Waals surface area contributed by atoms with E-state index in [1.54, 1.807) is 0 Å². The predicted molar refractivity (Wildman–Crippen MR) is 41.9 cm³/mol. The van der Waals surface area contributed by atoms with Gasteiger partial charge >= 0.3 is 0 Å². The van der Waals surface area contributed by atoms with Crippen molar-refractivity contribution in [1.29, 1.82) is 0 Å². The van der Waals surface area contributed by atoms with Crippen molar-refractivity contribution in [3.8, 4) is 0 Å². The lowest BCUT2D eigenvalue weighted by atomic mass is 10.2. The van der Waals surface area contributed by atoms with E-state index in [1.165, 1.54) is 10.9 Å². The van der Waals surface area contributed by atoms with E-state index < -0.39 is 5.95 Å². The monoisotopic (exact) mass is 184 g/mol. The first kappa shape index (κ1) is 8.37. The van der Waals surface area contributed by atoms with Gasteiger partial charge in [-0.15, -0.1) is 0 Å². The molecule has 0 saturated carbocycles. The summed E-state index contributed by atoms with van der Waals surface area (Å²) < 4.78 is 19.4. The normalized spacial score (nSPS) is 21.2. The van der Waals surface area contributed by atoms with E-state index in [-0.39, 0.29) is 11.8 Å². The molecule has 0 N–H and O–H groups in total. The second kappa shape index (κ2) is 3.26. The van der Waals surface area contributed by atoms with Crippen molar-refractivity contribution in [2.75, 3.05) is 6.61 Å². The summed E-state index contributed by atoms with van der Waals surface area (Å²) in [5, 5.41) is 0. The Balaban J connectivity index is 2.13. The Morgan fingerprint density at radius 2 is 2.62 bits per heavy atom. The highest BCUT2D eigenvalue weighted by atomic mass is 19.1. The van der Waals surface area contributed by atoms with Crippen molar-refractivity contribution in [3.05, 3.63) is 18.0 Å². The molecule has 70 valence electrons. The van der Waals surface area contributed by atoms with Crippen LogP contribution in [0.2, 0.25) is 0 Å². The lowest BCUT2D eigenvalue weighted by Gasteiger charge is -2.26. The molecule has 1 saturated heterocycles. The van der Waals surface area contributed by atoms with Crippen molar-refractivity contribution in [2.24, 2.45) is 0 Å². The van der Waals surface area contributed by atoms with Gasteiger partial charge in [-0.2, -0.15) is 4.39 Å². The molecule has 1 atom stereocenters. The second-order valence-electron chi connectivity index (χ2n) is 2.97. The summed E-state index contributed by atoms with van der Waals surface area (Å²) in [6.07, 6.45) is 2.85. The average molecular weight is 184 g/mol. The fourth-order valence-electron chi connectivity index (χ4n) is 1.28. The quantitative estimate of drug-likeness (QED) is 0.647. The summed E-state index contributed by atoms with van der Waals surface area (Å²) in [7, 11) is 0. The first-order chi connectivity index (χ1) is 6.31. The van der Waals surface area contributed by atoms with Crippen LogP contribution in [0, 0.1) is 5.95 Å². The predicted octanol–water partition coefficient (Wildman–Crippen LogP) is 0.624. The van der Waals surface area contributed by atoms with Gasteiger partial charge in [0.25, 0.3) is 0 Å². The van der Waals surface area contributed by atoms with Crippen LogP contribution in [0.4, 0.5) is 4.39 Å². The van der Waals surface area contributed by atoms with Crippen molar-refractivity contribution < 1.29 is 13.9 Å². The molecular weight excluding hydrogens is 175 g/mol. The molecular formula is C8H9FN2O2. The van der Waals surface area contributed by atoms with Crippen LogP contribution in [0.3, 0.4) is 0 Å². The topological polar surface area (TPSA) is 44.1 Å². The number of carbonyl (C=O) groups is 1. The number of hydrogen-bond acceptors (Lipinski definition) is 3. The van der Waals surface area contributed by atoms with Gasteiger partial charge in [-0.1, -0.05) is 0 Å². The molecule has 4 nitrogen and oxygen atoms in total. The molecule has 5 heteroatoms. The fraction of sp³-hybridized carbons (Fsp3) is 0.500. The molecule has 0 bridgehead atoms. The van der Waals surface area contributed by atoms with Crippen LogP contribution >= 0.6 is 0 Å². The van der Waals surface area contributed by atoms with E-state index in [9.17, 15) is 9.18 Å². The highest BCUT2D eigenvalue weighted by molar-refractivity contribution is 5.72. The van der Waals surface area contributed by atoms with E-state index in [4.69, 9.17) is 4.74 Å². The van der Waals surface area contributed by atoms with E-state index in [1.807, 2.05) is 0 Å². The number of rotatable bonds is 3. The third kappa shape index (κ3) is 1.47. The zero-order valence-electron chi connectivity index (χ0n) is 6.94. The summed E-state index contributed by atoms with van der Waals surface area (Å²) in [6.45, 7) is 1.25. The number of aromatic nitrogens is 2. The minimum atomic E-state index is -0.714. The number of aldehydes is 1. The van der Waals surface area contributed by atoms with Gasteiger partial charge in [0.1, 0.15) is 5.69 Å². The van der Waals surface area contributed by atoms with Gasteiger partial charge < -0.3 is 9.30 Å². The first-order valence-corrected chi connectivity index (χ1v) is 4.08. The maximum absolute atomic E-state index is 12.8. The van der Waals surface area contributed by atoms with Crippen LogP contribution in [0.1, 0.15) is 16.9 Å². The zero-order chi connectivity index (χ0) is 9.26. The summed E-state index contributed by atoms with van der Waals surface area (Å²) >= 11 is 0. The van der Waals surface area contributed by atoms with Gasteiger partial charge in [0.05, 0.1) is 19.0 Å². The zero-order valence-corrected chi connectivity index (χ0v) is 6.94. The van der Waals surface area contributed by atoms with Crippen molar-refractivity contribution in [3.63, 3.8) is 0 Å². The first-order valence-electron chi connectivity index (χ1n) is 4.08. The molecule has 1 aromatic rings. The van der Waals surface area contributed by atoms with Crippen LogP contribution < -0.4 is 0 Å². The van der Waals surface area contributed by atoms with Gasteiger partial charge in [-0.05, 0) is 6.42 Å². The van der Waals surface area contributed by atoms with Crippen LogP contribution in [-0.2, 0) is 11.3 Å². The van der Waals surface area contributed by atoms with Crippen molar-refractivity contribution in [1.82, 2.24) is 9.55 Å².